The van der Waals surface area contributed by atoms with Crippen LogP contribution < -0.4 is 16.4 Å². The van der Waals surface area contributed by atoms with Gasteiger partial charge in [0.2, 0.25) is 0 Å². The molecule has 0 aliphatic heterocycles. The maximum absolute atomic E-state index is 13.0. The number of nitrogens with zero attached hydrogens (tertiary/aromatic N) is 2. The molecule has 4 N–H and O–H groups in total. The zero-order valence-corrected chi connectivity index (χ0v) is 7.91. The summed E-state index contributed by atoms with van der Waals surface area (Å²) in [6.07, 6.45) is 0. The van der Waals surface area contributed by atoms with E-state index in [1.54, 1.807) is 14.1 Å². The smallest absolute Gasteiger partial charge is 0.252 e. The highest BCUT2D eigenvalue weighted by Crippen LogP contribution is 2.19. The number of carbonyl (C=O) groups excluding carboxylic acids is 1. The van der Waals surface area contributed by atoms with Crippen LogP contribution in [-0.2, 0) is 0 Å². The second kappa shape index (κ2) is 3.49. The predicted octanol–water partition coefficient (Wildman–Crippen LogP) is -0.0322. The molecule has 76 valence electrons. The summed E-state index contributed by atoms with van der Waals surface area (Å²) in [4.78, 5) is 16.2. The van der Waals surface area contributed by atoms with Crippen molar-refractivity contribution >= 4 is 17.5 Å². The van der Waals surface area contributed by atoms with E-state index in [-0.39, 0.29) is 17.2 Å². The van der Waals surface area contributed by atoms with Crippen molar-refractivity contribution in [1.29, 1.82) is 0 Å². The first-order chi connectivity index (χ1) is 6.43. The summed E-state index contributed by atoms with van der Waals surface area (Å²) in [6.45, 7) is 0. The van der Waals surface area contributed by atoms with Crippen LogP contribution in [0.4, 0.5) is 16.0 Å². The number of anilines is 2. The predicted molar refractivity (Wildman–Crippen MR) is 51.5 cm³/mol. The molecule has 0 fully saturated rings. The summed E-state index contributed by atoms with van der Waals surface area (Å²) in [5, 5.41) is 0. The van der Waals surface area contributed by atoms with Crippen LogP contribution >= 0.6 is 0 Å². The van der Waals surface area contributed by atoms with Gasteiger partial charge in [-0.15, -0.1) is 0 Å². The first kappa shape index (κ1) is 10.2. The zero-order chi connectivity index (χ0) is 10.9. The van der Waals surface area contributed by atoms with Crippen LogP contribution in [0.5, 0.6) is 0 Å². The van der Waals surface area contributed by atoms with Gasteiger partial charge in [-0.25, -0.2) is 9.37 Å². The third kappa shape index (κ3) is 1.73. The van der Waals surface area contributed by atoms with Crippen molar-refractivity contribution in [3.05, 3.63) is 17.4 Å². The molecule has 5 nitrogen and oxygen atoms in total. The second-order valence-corrected chi connectivity index (χ2v) is 2.99. The van der Waals surface area contributed by atoms with E-state index in [0.717, 1.165) is 6.07 Å². The van der Waals surface area contributed by atoms with Gasteiger partial charge in [-0.1, -0.05) is 0 Å². The fourth-order valence-electron chi connectivity index (χ4n) is 1.02. The summed E-state index contributed by atoms with van der Waals surface area (Å²) < 4.78 is 13.0. The van der Waals surface area contributed by atoms with Crippen molar-refractivity contribution in [1.82, 2.24) is 4.98 Å². The number of pyridine rings is 1. The van der Waals surface area contributed by atoms with Gasteiger partial charge in [0, 0.05) is 14.1 Å². The monoisotopic (exact) mass is 198 g/mol. The van der Waals surface area contributed by atoms with Crippen molar-refractivity contribution in [2.45, 2.75) is 0 Å². The Balaban J connectivity index is 3.39. The number of halogens is 1. The third-order valence-electron chi connectivity index (χ3n) is 1.67. The molecule has 0 saturated heterocycles. The van der Waals surface area contributed by atoms with E-state index in [1.807, 2.05) is 0 Å². The lowest BCUT2D eigenvalue weighted by molar-refractivity contribution is 0.1000. The molecule has 14 heavy (non-hydrogen) atoms. The minimum Gasteiger partial charge on any atom is -0.381 e. The van der Waals surface area contributed by atoms with Gasteiger partial charge in [0.05, 0.1) is 5.56 Å². The van der Waals surface area contributed by atoms with Crippen LogP contribution in [-0.4, -0.2) is 25.0 Å². The standard InChI is InChI=1S/C8H11FN4O/c1-13(2)8-4(7(11)14)3-5(9)6(10)12-8/h3H,1-2H3,(H2,10,12)(H2,11,14). The van der Waals surface area contributed by atoms with Crippen molar-refractivity contribution in [2.75, 3.05) is 24.7 Å². The normalized spacial score (nSPS) is 9.93. The lowest BCUT2D eigenvalue weighted by Gasteiger charge is -2.14. The van der Waals surface area contributed by atoms with Crippen molar-refractivity contribution in [3.63, 3.8) is 0 Å². The van der Waals surface area contributed by atoms with E-state index in [2.05, 4.69) is 4.98 Å². The van der Waals surface area contributed by atoms with Crippen LogP contribution in [0, 0.1) is 5.82 Å². The molecule has 1 rings (SSSR count). The maximum Gasteiger partial charge on any atom is 0.252 e. The van der Waals surface area contributed by atoms with Gasteiger partial charge in [0.1, 0.15) is 5.82 Å². The molecular formula is C8H11FN4O. The average molecular weight is 198 g/mol. The molecule has 0 aromatic carbocycles. The largest absolute Gasteiger partial charge is 0.381 e. The summed E-state index contributed by atoms with van der Waals surface area (Å²) >= 11 is 0. The quantitative estimate of drug-likeness (QED) is 0.698. The van der Waals surface area contributed by atoms with Gasteiger partial charge >= 0.3 is 0 Å². The zero-order valence-electron chi connectivity index (χ0n) is 7.91. The Kier molecular flexibility index (Phi) is 2.55. The molecule has 0 bridgehead atoms. The number of aromatic nitrogens is 1. The first-order valence-corrected chi connectivity index (χ1v) is 3.86. The Hall–Kier alpha value is -1.85. The molecule has 1 aromatic rings. The van der Waals surface area contributed by atoms with Crippen molar-refractivity contribution < 1.29 is 9.18 Å². The van der Waals surface area contributed by atoms with Gasteiger partial charge in [-0.3, -0.25) is 4.79 Å². The molecule has 0 aliphatic rings. The fourth-order valence-corrected chi connectivity index (χ4v) is 1.02. The number of hydrogen-bond acceptors (Lipinski definition) is 4. The van der Waals surface area contributed by atoms with Gasteiger partial charge in [-0.05, 0) is 6.07 Å². The topological polar surface area (TPSA) is 85.2 Å². The van der Waals surface area contributed by atoms with E-state index < -0.39 is 11.7 Å². The van der Waals surface area contributed by atoms with Gasteiger partial charge < -0.3 is 16.4 Å². The Morgan fingerprint density at radius 3 is 2.57 bits per heavy atom. The molecule has 0 saturated carbocycles. The molecule has 0 radical (unpaired) electrons. The number of nitrogens with two attached hydrogens (primary N) is 2. The molecule has 0 atom stereocenters. The molecule has 0 aliphatic carbocycles. The molecule has 0 spiro atoms. The minimum absolute atomic E-state index is 0.0155. The Morgan fingerprint density at radius 1 is 1.57 bits per heavy atom. The minimum atomic E-state index is -0.746. The maximum atomic E-state index is 13.0. The second-order valence-electron chi connectivity index (χ2n) is 2.99. The highest BCUT2D eigenvalue weighted by atomic mass is 19.1. The van der Waals surface area contributed by atoms with E-state index in [1.165, 1.54) is 4.90 Å². The highest BCUT2D eigenvalue weighted by Gasteiger charge is 2.15. The average Bonchev–Trinajstić information content (AvgIpc) is 2.08. The molecule has 6 heteroatoms. The number of primary amides is 1. The third-order valence-corrected chi connectivity index (χ3v) is 1.67. The highest BCUT2D eigenvalue weighted by molar-refractivity contribution is 5.98. The number of hydrogen-bond donors (Lipinski definition) is 2. The number of amides is 1. The number of rotatable bonds is 2. The SMILES string of the molecule is CN(C)c1nc(N)c(F)cc1C(N)=O. The van der Waals surface area contributed by atoms with Crippen LogP contribution in [0.3, 0.4) is 0 Å². The van der Waals surface area contributed by atoms with E-state index >= 15 is 0 Å². The summed E-state index contributed by atoms with van der Waals surface area (Å²) in [5.74, 6) is -1.47. The summed E-state index contributed by atoms with van der Waals surface area (Å²) in [7, 11) is 3.32. The van der Waals surface area contributed by atoms with Crippen molar-refractivity contribution in [2.24, 2.45) is 5.73 Å². The van der Waals surface area contributed by atoms with Crippen LogP contribution in [0.1, 0.15) is 10.4 Å². The summed E-state index contributed by atoms with van der Waals surface area (Å²) in [5.41, 5.74) is 10.3. The van der Waals surface area contributed by atoms with Crippen molar-refractivity contribution in [3.8, 4) is 0 Å². The van der Waals surface area contributed by atoms with Crippen LogP contribution in [0.25, 0.3) is 0 Å². The lowest BCUT2D eigenvalue weighted by atomic mass is 10.2. The van der Waals surface area contributed by atoms with E-state index in [0.29, 0.717) is 0 Å². The van der Waals surface area contributed by atoms with E-state index in [4.69, 9.17) is 11.5 Å². The number of nitrogen functional groups attached to an aromatic ring is 1. The molecule has 1 aromatic heterocycles. The summed E-state index contributed by atoms with van der Waals surface area (Å²) in [6, 6.07) is 0.986. The molecule has 0 unspecified atom stereocenters. The first-order valence-electron chi connectivity index (χ1n) is 3.86. The Bertz CT molecular complexity index is 378. The van der Waals surface area contributed by atoms with Crippen LogP contribution in [0.2, 0.25) is 0 Å². The fraction of sp³-hybridized carbons (Fsp3) is 0.250. The molecule has 1 heterocycles. The van der Waals surface area contributed by atoms with Gasteiger partial charge in [-0.2, -0.15) is 0 Å². The lowest BCUT2D eigenvalue weighted by Crippen LogP contribution is -2.21. The molecule has 1 amide bonds. The number of carbonyl (C=O) groups is 1. The molecular weight excluding hydrogens is 187 g/mol. The van der Waals surface area contributed by atoms with E-state index in [9.17, 15) is 9.18 Å². The Morgan fingerprint density at radius 2 is 2.14 bits per heavy atom. The van der Waals surface area contributed by atoms with Crippen LogP contribution in [0.15, 0.2) is 6.07 Å². The van der Waals surface area contributed by atoms with Gasteiger partial charge in [0.25, 0.3) is 5.91 Å². The Labute approximate surface area is 80.5 Å². The van der Waals surface area contributed by atoms with Gasteiger partial charge in [0.15, 0.2) is 11.6 Å².